The highest BCUT2D eigenvalue weighted by Gasteiger charge is 2.27. The summed E-state index contributed by atoms with van der Waals surface area (Å²) in [6.07, 6.45) is 8.91. The van der Waals surface area contributed by atoms with Gasteiger partial charge in [0, 0.05) is 30.1 Å². The molecule has 1 aliphatic heterocycles. The maximum Gasteiger partial charge on any atom is 0.306 e. The van der Waals surface area contributed by atoms with Crippen molar-refractivity contribution in [3.05, 3.63) is 33.3 Å². The molecule has 0 saturated heterocycles. The van der Waals surface area contributed by atoms with Crippen molar-refractivity contribution in [3.63, 3.8) is 0 Å². The van der Waals surface area contributed by atoms with Gasteiger partial charge in [-0.15, -0.1) is 11.3 Å². The number of allylic oxidation sites excluding steroid dienone is 1. The Hall–Kier alpha value is -1.79. The Kier molecular flexibility index (Phi) is 10.8. The highest BCUT2D eigenvalue weighted by molar-refractivity contribution is 7.09. The Balaban J connectivity index is 2.23. The Morgan fingerprint density at radius 2 is 2.03 bits per heavy atom. The molecule has 2 heterocycles. The molecule has 0 amide bonds. The first-order valence-electron chi connectivity index (χ1n) is 11.9. The van der Waals surface area contributed by atoms with Crippen molar-refractivity contribution in [2.45, 2.75) is 98.2 Å². The number of nitrogens with zero attached hydrogens (tertiary/aromatic N) is 1. The predicted octanol–water partition coefficient (Wildman–Crippen LogP) is 6.05. The first kappa shape index (κ1) is 26.5. The number of Topliss-reactive ketones (excluding diaryl/α,β-unsaturated/α-hetero) is 1. The fourth-order valence-electron chi connectivity index (χ4n) is 4.07. The minimum Gasteiger partial charge on any atom is -0.457 e. The first-order chi connectivity index (χ1) is 15.2. The van der Waals surface area contributed by atoms with Gasteiger partial charge in [0.15, 0.2) is 0 Å². The lowest BCUT2D eigenvalue weighted by Gasteiger charge is -2.23. The lowest BCUT2D eigenvalue weighted by molar-refractivity contribution is -0.147. The molecule has 178 valence electrons. The van der Waals surface area contributed by atoms with E-state index >= 15 is 0 Å². The number of thiazole rings is 1. The smallest absolute Gasteiger partial charge is 0.306 e. The Labute approximate surface area is 197 Å². The minimum atomic E-state index is -0.619. The SMILES string of the molecule is CC/C1=C/CCCCC(O)[C@@H](C)C(=O)C(C)CCC(=O)OC(/C(C)=C/c2csc(C)n2)C1. The van der Waals surface area contributed by atoms with Gasteiger partial charge in [-0.05, 0) is 57.6 Å². The van der Waals surface area contributed by atoms with E-state index in [2.05, 4.69) is 18.0 Å². The highest BCUT2D eigenvalue weighted by atomic mass is 32.1. The highest BCUT2D eigenvalue weighted by Crippen LogP contribution is 2.25. The van der Waals surface area contributed by atoms with E-state index in [0.29, 0.717) is 19.3 Å². The zero-order valence-electron chi connectivity index (χ0n) is 20.2. The summed E-state index contributed by atoms with van der Waals surface area (Å²) in [7, 11) is 0. The topological polar surface area (TPSA) is 76.5 Å². The van der Waals surface area contributed by atoms with Crippen molar-refractivity contribution >= 4 is 29.2 Å². The van der Waals surface area contributed by atoms with E-state index in [1.54, 1.807) is 18.3 Å². The molecule has 1 aromatic heterocycles. The summed E-state index contributed by atoms with van der Waals surface area (Å²) in [5.41, 5.74) is 3.14. The van der Waals surface area contributed by atoms with Gasteiger partial charge in [0.25, 0.3) is 0 Å². The molecule has 0 saturated carbocycles. The molecule has 3 unspecified atom stereocenters. The number of ether oxygens (including phenoxy) is 1. The van der Waals surface area contributed by atoms with E-state index in [4.69, 9.17) is 4.74 Å². The lowest BCUT2D eigenvalue weighted by atomic mass is 9.86. The van der Waals surface area contributed by atoms with Gasteiger partial charge < -0.3 is 9.84 Å². The summed E-state index contributed by atoms with van der Waals surface area (Å²) in [5, 5.41) is 13.4. The van der Waals surface area contributed by atoms with Crippen LogP contribution in [0.3, 0.4) is 0 Å². The Morgan fingerprint density at radius 3 is 2.69 bits per heavy atom. The number of carbonyl (C=O) groups is 2. The molecule has 32 heavy (non-hydrogen) atoms. The number of aliphatic hydroxyl groups is 1. The molecule has 0 aliphatic carbocycles. The number of cyclic esters (lactones) is 1. The summed E-state index contributed by atoms with van der Waals surface area (Å²) in [4.78, 5) is 29.9. The monoisotopic (exact) mass is 461 g/mol. The maximum absolute atomic E-state index is 12.7. The molecule has 1 N–H and O–H groups in total. The van der Waals surface area contributed by atoms with Crippen LogP contribution in [0.4, 0.5) is 0 Å². The number of esters is 1. The van der Waals surface area contributed by atoms with Crippen LogP contribution in [0.25, 0.3) is 6.08 Å². The van der Waals surface area contributed by atoms with Crippen molar-refractivity contribution in [3.8, 4) is 0 Å². The molecule has 1 aliphatic rings. The molecule has 0 bridgehead atoms. The van der Waals surface area contributed by atoms with Crippen LogP contribution < -0.4 is 0 Å². The van der Waals surface area contributed by atoms with Gasteiger partial charge >= 0.3 is 5.97 Å². The third kappa shape index (κ3) is 8.28. The second-order valence-electron chi connectivity index (χ2n) is 9.06. The van der Waals surface area contributed by atoms with Crippen LogP contribution in [0.15, 0.2) is 22.6 Å². The third-order valence-corrected chi connectivity index (χ3v) is 7.17. The number of rotatable bonds is 3. The molecule has 0 radical (unpaired) electrons. The number of ketones is 1. The predicted molar refractivity (Wildman–Crippen MR) is 130 cm³/mol. The zero-order chi connectivity index (χ0) is 23.7. The summed E-state index contributed by atoms with van der Waals surface area (Å²) in [6, 6.07) is 0. The summed E-state index contributed by atoms with van der Waals surface area (Å²) >= 11 is 1.60. The fraction of sp³-hybridized carbons (Fsp3) is 0.654. The quantitative estimate of drug-likeness (QED) is 0.438. The third-order valence-electron chi connectivity index (χ3n) is 6.38. The maximum atomic E-state index is 12.7. The lowest BCUT2D eigenvalue weighted by Crippen LogP contribution is -2.30. The number of aryl methyl sites for hydroxylation is 1. The Morgan fingerprint density at radius 1 is 1.28 bits per heavy atom. The van der Waals surface area contributed by atoms with E-state index in [9.17, 15) is 14.7 Å². The summed E-state index contributed by atoms with van der Waals surface area (Å²) < 4.78 is 5.92. The van der Waals surface area contributed by atoms with Gasteiger partial charge in [-0.1, -0.05) is 38.8 Å². The van der Waals surface area contributed by atoms with Crippen molar-refractivity contribution in [2.24, 2.45) is 11.8 Å². The summed E-state index contributed by atoms with van der Waals surface area (Å²) in [5.74, 6) is -0.945. The number of aromatic nitrogens is 1. The van der Waals surface area contributed by atoms with E-state index in [1.807, 2.05) is 32.2 Å². The second kappa shape index (κ2) is 13.0. The molecular weight excluding hydrogens is 422 g/mol. The van der Waals surface area contributed by atoms with Gasteiger partial charge in [0.2, 0.25) is 0 Å². The van der Waals surface area contributed by atoms with E-state index in [-0.39, 0.29) is 30.2 Å². The molecule has 0 fully saturated rings. The van der Waals surface area contributed by atoms with Crippen molar-refractivity contribution in [1.29, 1.82) is 0 Å². The van der Waals surface area contributed by atoms with Crippen LogP contribution in [-0.2, 0) is 14.3 Å². The summed E-state index contributed by atoms with van der Waals surface area (Å²) in [6.45, 7) is 9.74. The molecule has 1 aromatic rings. The minimum absolute atomic E-state index is 0.0251. The van der Waals surface area contributed by atoms with Gasteiger partial charge in [0.05, 0.1) is 16.8 Å². The second-order valence-corrected chi connectivity index (χ2v) is 10.1. The number of aliphatic hydroxyl groups excluding tert-OH is 1. The van der Waals surface area contributed by atoms with Crippen LogP contribution in [0, 0.1) is 18.8 Å². The Bertz CT molecular complexity index is 826. The van der Waals surface area contributed by atoms with Crippen LogP contribution in [0.5, 0.6) is 0 Å². The molecular formula is C26H39NO4S. The molecule has 0 spiro atoms. The molecule has 4 atom stereocenters. The molecule has 2 rings (SSSR count). The zero-order valence-corrected chi connectivity index (χ0v) is 21.0. The van der Waals surface area contributed by atoms with Crippen molar-refractivity contribution in [2.75, 3.05) is 0 Å². The molecule has 5 nitrogen and oxygen atoms in total. The fourth-order valence-corrected chi connectivity index (χ4v) is 4.64. The van der Waals surface area contributed by atoms with Gasteiger partial charge in [-0.25, -0.2) is 4.98 Å². The number of hydrogen-bond acceptors (Lipinski definition) is 6. The van der Waals surface area contributed by atoms with Gasteiger partial charge in [-0.3, -0.25) is 9.59 Å². The largest absolute Gasteiger partial charge is 0.457 e. The van der Waals surface area contributed by atoms with Gasteiger partial charge in [-0.2, -0.15) is 0 Å². The standard InChI is InChI=1S/C26H39NO4S/c1-6-21-10-8-7-9-11-23(28)19(4)26(30)17(2)12-13-25(29)31-24(15-21)18(3)14-22-16-32-20(5)27-22/h10,14,16-17,19,23-24,28H,6-9,11-13,15H2,1-5H3/b18-14+,21-10-/t17?,19-,23?,24?/m1/s1. The van der Waals surface area contributed by atoms with E-state index < -0.39 is 12.0 Å². The van der Waals surface area contributed by atoms with Crippen molar-refractivity contribution < 1.29 is 19.4 Å². The van der Waals surface area contributed by atoms with Crippen molar-refractivity contribution in [1.82, 2.24) is 4.98 Å². The first-order valence-corrected chi connectivity index (χ1v) is 12.8. The van der Waals surface area contributed by atoms with E-state index in [0.717, 1.165) is 42.0 Å². The number of hydrogen-bond donors (Lipinski definition) is 1. The normalized spacial score (nSPS) is 29.3. The average molecular weight is 462 g/mol. The average Bonchev–Trinajstić information content (AvgIpc) is 3.17. The molecule has 0 aromatic carbocycles. The molecule has 6 heteroatoms. The van der Waals surface area contributed by atoms with Crippen LogP contribution in [0.1, 0.15) is 89.8 Å². The van der Waals surface area contributed by atoms with Gasteiger partial charge in [0.1, 0.15) is 11.9 Å². The van der Waals surface area contributed by atoms with Crippen LogP contribution in [0.2, 0.25) is 0 Å². The van der Waals surface area contributed by atoms with Crippen LogP contribution >= 0.6 is 11.3 Å². The van der Waals surface area contributed by atoms with Crippen LogP contribution in [-0.4, -0.2) is 34.1 Å². The van der Waals surface area contributed by atoms with E-state index in [1.165, 1.54) is 5.57 Å². The number of carbonyl (C=O) groups excluding carboxylic acids is 2.